The number of aromatic nitrogens is 2. The quantitative estimate of drug-likeness (QED) is 0.860. The summed E-state index contributed by atoms with van der Waals surface area (Å²) in [5.41, 5.74) is 7.28. The van der Waals surface area contributed by atoms with E-state index in [4.69, 9.17) is 10.5 Å². The molecule has 2 rings (SSSR count). The molecule has 100 valence electrons. The maximum Gasteiger partial charge on any atom is 0.134 e. The third-order valence-corrected chi connectivity index (χ3v) is 2.48. The third kappa shape index (κ3) is 3.93. The number of hydrogen-bond donors (Lipinski definition) is 2. The Balaban J connectivity index is 2.06. The van der Waals surface area contributed by atoms with Gasteiger partial charge in [-0.2, -0.15) is 0 Å². The van der Waals surface area contributed by atoms with Gasteiger partial charge in [0.05, 0.1) is 0 Å². The van der Waals surface area contributed by atoms with Gasteiger partial charge in [-0.1, -0.05) is 0 Å². The Hall–Kier alpha value is -2.14. The van der Waals surface area contributed by atoms with Crippen molar-refractivity contribution in [1.82, 2.24) is 9.97 Å². The molecule has 3 N–H and O–H groups in total. The van der Waals surface area contributed by atoms with E-state index >= 15 is 0 Å². The minimum Gasteiger partial charge on any atom is -0.492 e. The Morgan fingerprint density at radius 2 is 1.89 bits per heavy atom. The summed E-state index contributed by atoms with van der Waals surface area (Å²) in [6.07, 6.45) is 0. The Bertz CT molecular complexity index is 519. The lowest BCUT2D eigenvalue weighted by Gasteiger charge is -2.08. The largest absolute Gasteiger partial charge is 0.492 e. The van der Waals surface area contributed by atoms with E-state index in [1.807, 2.05) is 44.2 Å². The Labute approximate surface area is 112 Å². The molecule has 0 spiro atoms. The summed E-state index contributed by atoms with van der Waals surface area (Å²) in [4.78, 5) is 8.57. The van der Waals surface area contributed by atoms with Crippen LogP contribution in [0.5, 0.6) is 5.75 Å². The molecule has 1 aromatic heterocycles. The van der Waals surface area contributed by atoms with Crippen molar-refractivity contribution in [1.29, 1.82) is 0 Å². The van der Waals surface area contributed by atoms with Gasteiger partial charge in [0.25, 0.3) is 0 Å². The van der Waals surface area contributed by atoms with Crippen LogP contribution >= 0.6 is 0 Å². The average Bonchev–Trinajstić information content (AvgIpc) is 2.37. The van der Waals surface area contributed by atoms with Crippen LogP contribution in [0.25, 0.3) is 0 Å². The van der Waals surface area contributed by atoms with Crippen LogP contribution in [0.2, 0.25) is 0 Å². The lowest BCUT2D eigenvalue weighted by atomic mass is 10.3. The topological polar surface area (TPSA) is 73.1 Å². The number of nitrogens with two attached hydrogens (primary N) is 1. The molecule has 0 aliphatic rings. The first-order valence-electron chi connectivity index (χ1n) is 6.19. The molecule has 0 aliphatic carbocycles. The standard InChI is InChI=1S/C14H18N4O/c1-10-9-14(17-11(2)16-10)18-12-3-5-13(6-4-12)19-8-7-15/h3-6,9H,7-8,15H2,1-2H3,(H,16,17,18). The Morgan fingerprint density at radius 3 is 2.53 bits per heavy atom. The molecule has 0 amide bonds. The highest BCUT2D eigenvalue weighted by Crippen LogP contribution is 2.19. The van der Waals surface area contributed by atoms with Gasteiger partial charge in [0.1, 0.15) is 24.0 Å². The molecule has 0 aliphatic heterocycles. The van der Waals surface area contributed by atoms with E-state index in [1.54, 1.807) is 0 Å². The van der Waals surface area contributed by atoms with E-state index in [9.17, 15) is 0 Å². The van der Waals surface area contributed by atoms with Gasteiger partial charge in [0.2, 0.25) is 0 Å². The molecular weight excluding hydrogens is 240 g/mol. The highest BCUT2D eigenvalue weighted by atomic mass is 16.5. The SMILES string of the molecule is Cc1cc(Nc2ccc(OCCN)cc2)nc(C)n1. The molecule has 19 heavy (non-hydrogen) atoms. The molecule has 0 saturated heterocycles. The molecule has 0 bridgehead atoms. The van der Waals surface area contributed by atoms with Crippen LogP contribution in [0.1, 0.15) is 11.5 Å². The van der Waals surface area contributed by atoms with Gasteiger partial charge in [0, 0.05) is 24.0 Å². The van der Waals surface area contributed by atoms with E-state index < -0.39 is 0 Å². The number of ether oxygens (including phenoxy) is 1. The monoisotopic (exact) mass is 258 g/mol. The van der Waals surface area contributed by atoms with Crippen LogP contribution in [0.15, 0.2) is 30.3 Å². The highest BCUT2D eigenvalue weighted by molar-refractivity contribution is 5.57. The van der Waals surface area contributed by atoms with E-state index in [-0.39, 0.29) is 0 Å². The predicted molar refractivity (Wildman–Crippen MR) is 75.8 cm³/mol. The second kappa shape index (κ2) is 6.15. The first-order chi connectivity index (χ1) is 9.17. The second-order valence-corrected chi connectivity index (χ2v) is 4.23. The van der Waals surface area contributed by atoms with E-state index in [2.05, 4.69) is 15.3 Å². The number of benzene rings is 1. The molecule has 1 aromatic carbocycles. The maximum absolute atomic E-state index is 5.42. The zero-order valence-electron chi connectivity index (χ0n) is 11.2. The number of hydrogen-bond acceptors (Lipinski definition) is 5. The van der Waals surface area contributed by atoms with Gasteiger partial charge in [-0.15, -0.1) is 0 Å². The first-order valence-corrected chi connectivity index (χ1v) is 6.19. The normalized spacial score (nSPS) is 10.3. The van der Waals surface area contributed by atoms with Crippen molar-refractivity contribution < 1.29 is 4.74 Å². The highest BCUT2D eigenvalue weighted by Gasteiger charge is 2.00. The fourth-order valence-corrected chi connectivity index (χ4v) is 1.74. The van der Waals surface area contributed by atoms with Crippen molar-refractivity contribution in [3.05, 3.63) is 41.9 Å². The van der Waals surface area contributed by atoms with Crippen LogP contribution in [0, 0.1) is 13.8 Å². The van der Waals surface area contributed by atoms with Crippen molar-refractivity contribution in [3.63, 3.8) is 0 Å². The molecule has 2 aromatic rings. The van der Waals surface area contributed by atoms with Crippen molar-refractivity contribution in [2.75, 3.05) is 18.5 Å². The number of anilines is 2. The predicted octanol–water partition coefficient (Wildman–Crippen LogP) is 2.17. The zero-order valence-corrected chi connectivity index (χ0v) is 11.2. The van der Waals surface area contributed by atoms with Gasteiger partial charge in [-0.3, -0.25) is 0 Å². The van der Waals surface area contributed by atoms with Gasteiger partial charge < -0.3 is 15.8 Å². The Morgan fingerprint density at radius 1 is 1.16 bits per heavy atom. The summed E-state index contributed by atoms with van der Waals surface area (Å²) in [5, 5.41) is 3.24. The van der Waals surface area contributed by atoms with E-state index in [0.717, 1.165) is 28.8 Å². The average molecular weight is 258 g/mol. The summed E-state index contributed by atoms with van der Waals surface area (Å²) in [5.74, 6) is 2.36. The summed E-state index contributed by atoms with van der Waals surface area (Å²) < 4.78 is 5.42. The number of nitrogens with zero attached hydrogens (tertiary/aromatic N) is 2. The summed E-state index contributed by atoms with van der Waals surface area (Å²) >= 11 is 0. The van der Waals surface area contributed by atoms with Crippen molar-refractivity contribution >= 4 is 11.5 Å². The number of aryl methyl sites for hydroxylation is 2. The van der Waals surface area contributed by atoms with Crippen molar-refractivity contribution in [2.45, 2.75) is 13.8 Å². The van der Waals surface area contributed by atoms with Gasteiger partial charge in [-0.25, -0.2) is 9.97 Å². The van der Waals surface area contributed by atoms with E-state index in [1.165, 1.54) is 0 Å². The van der Waals surface area contributed by atoms with Crippen LogP contribution in [0.3, 0.4) is 0 Å². The minimum atomic E-state index is 0.513. The van der Waals surface area contributed by atoms with Crippen LogP contribution in [-0.4, -0.2) is 23.1 Å². The maximum atomic E-state index is 5.42. The van der Waals surface area contributed by atoms with Crippen LogP contribution in [-0.2, 0) is 0 Å². The number of rotatable bonds is 5. The number of nitrogens with one attached hydrogen (secondary N) is 1. The van der Waals surface area contributed by atoms with Crippen LogP contribution < -0.4 is 15.8 Å². The molecule has 5 nitrogen and oxygen atoms in total. The second-order valence-electron chi connectivity index (χ2n) is 4.23. The molecule has 0 radical (unpaired) electrons. The molecular formula is C14H18N4O. The molecule has 5 heteroatoms. The van der Waals surface area contributed by atoms with Crippen molar-refractivity contribution in [2.24, 2.45) is 5.73 Å². The Kier molecular flexibility index (Phi) is 4.30. The molecule has 0 atom stereocenters. The third-order valence-electron chi connectivity index (χ3n) is 2.48. The van der Waals surface area contributed by atoms with Gasteiger partial charge in [-0.05, 0) is 38.1 Å². The van der Waals surface area contributed by atoms with Crippen molar-refractivity contribution in [3.8, 4) is 5.75 Å². The van der Waals surface area contributed by atoms with Gasteiger partial charge in [0.15, 0.2) is 0 Å². The molecule has 0 unspecified atom stereocenters. The fourth-order valence-electron chi connectivity index (χ4n) is 1.74. The minimum absolute atomic E-state index is 0.513. The molecule has 1 heterocycles. The molecule has 0 saturated carbocycles. The summed E-state index contributed by atoms with van der Waals surface area (Å²) in [6, 6.07) is 9.60. The van der Waals surface area contributed by atoms with Crippen LogP contribution in [0.4, 0.5) is 11.5 Å². The first kappa shape index (κ1) is 13.3. The molecule has 0 fully saturated rings. The van der Waals surface area contributed by atoms with E-state index in [0.29, 0.717) is 13.2 Å². The summed E-state index contributed by atoms with van der Waals surface area (Å²) in [7, 11) is 0. The lowest BCUT2D eigenvalue weighted by Crippen LogP contribution is -2.10. The zero-order chi connectivity index (χ0) is 13.7. The smallest absolute Gasteiger partial charge is 0.134 e. The lowest BCUT2D eigenvalue weighted by molar-refractivity contribution is 0.328. The fraction of sp³-hybridized carbons (Fsp3) is 0.286. The summed E-state index contributed by atoms with van der Waals surface area (Å²) in [6.45, 7) is 4.86. The van der Waals surface area contributed by atoms with Gasteiger partial charge >= 0.3 is 0 Å².